The Kier molecular flexibility index (Phi) is 4.97. The minimum absolute atomic E-state index is 0.0381. The summed E-state index contributed by atoms with van der Waals surface area (Å²) in [5, 5.41) is 7.67. The normalized spacial score (nSPS) is 18.6. The molecular formula is C18H24N4O2. The molecule has 1 aliphatic heterocycles. The van der Waals surface area contributed by atoms with Gasteiger partial charge in [-0.3, -0.25) is 9.69 Å². The highest BCUT2D eigenvalue weighted by atomic mass is 16.5. The molecule has 1 N–H and O–H groups in total. The highest BCUT2D eigenvalue weighted by molar-refractivity contribution is 5.84. The van der Waals surface area contributed by atoms with Gasteiger partial charge in [-0.1, -0.05) is 18.2 Å². The number of methoxy groups -OCH3 is 1. The maximum absolute atomic E-state index is 12.6. The van der Waals surface area contributed by atoms with E-state index < -0.39 is 0 Å². The number of piperazine rings is 1. The van der Waals surface area contributed by atoms with E-state index in [-0.39, 0.29) is 11.9 Å². The fourth-order valence-electron chi connectivity index (χ4n) is 3.35. The van der Waals surface area contributed by atoms with Crippen molar-refractivity contribution in [2.24, 2.45) is 0 Å². The van der Waals surface area contributed by atoms with E-state index in [4.69, 9.17) is 4.74 Å². The van der Waals surface area contributed by atoms with Crippen molar-refractivity contribution in [1.82, 2.24) is 20.0 Å². The summed E-state index contributed by atoms with van der Waals surface area (Å²) in [6.45, 7) is 6.81. The molecular weight excluding hydrogens is 304 g/mol. The van der Waals surface area contributed by atoms with Gasteiger partial charge in [-0.15, -0.1) is 0 Å². The van der Waals surface area contributed by atoms with Crippen molar-refractivity contribution >= 4 is 5.91 Å². The van der Waals surface area contributed by atoms with Crippen molar-refractivity contribution in [2.75, 3.05) is 33.4 Å². The van der Waals surface area contributed by atoms with Gasteiger partial charge in [0, 0.05) is 38.0 Å². The van der Waals surface area contributed by atoms with Crippen LogP contribution < -0.4 is 5.32 Å². The van der Waals surface area contributed by atoms with Crippen molar-refractivity contribution in [2.45, 2.75) is 19.9 Å². The number of amides is 1. The van der Waals surface area contributed by atoms with Crippen LogP contribution in [0.3, 0.4) is 0 Å². The lowest BCUT2D eigenvalue weighted by Crippen LogP contribution is -2.51. The Balaban J connectivity index is 2.00. The monoisotopic (exact) mass is 328 g/mol. The molecule has 128 valence electrons. The van der Waals surface area contributed by atoms with Crippen LogP contribution in [0.4, 0.5) is 0 Å². The Morgan fingerprint density at radius 2 is 2.04 bits per heavy atom. The molecule has 6 nitrogen and oxygen atoms in total. The number of hydrogen-bond donors (Lipinski definition) is 1. The number of benzene rings is 1. The lowest BCUT2D eigenvalue weighted by Gasteiger charge is -2.35. The highest BCUT2D eigenvalue weighted by Crippen LogP contribution is 2.30. The number of para-hydroxylation sites is 1. The molecule has 0 aliphatic carbocycles. The summed E-state index contributed by atoms with van der Waals surface area (Å²) >= 11 is 0. The van der Waals surface area contributed by atoms with E-state index in [1.165, 1.54) is 0 Å². The summed E-state index contributed by atoms with van der Waals surface area (Å²) in [6, 6.07) is 9.69. The molecule has 1 aromatic heterocycles. The number of aryl methyl sites for hydroxylation is 1. The molecule has 1 unspecified atom stereocenters. The zero-order chi connectivity index (χ0) is 17.1. The van der Waals surface area contributed by atoms with E-state index in [9.17, 15) is 4.79 Å². The summed E-state index contributed by atoms with van der Waals surface area (Å²) in [5.74, 6) is 0.0381. The fraction of sp³-hybridized carbons (Fsp3) is 0.444. The van der Waals surface area contributed by atoms with Crippen molar-refractivity contribution < 1.29 is 9.53 Å². The van der Waals surface area contributed by atoms with Gasteiger partial charge in [0.1, 0.15) is 6.04 Å². The second-order valence-corrected chi connectivity index (χ2v) is 6.05. The van der Waals surface area contributed by atoms with Gasteiger partial charge in [0.2, 0.25) is 5.91 Å². The van der Waals surface area contributed by atoms with Gasteiger partial charge >= 0.3 is 0 Å². The first-order valence-corrected chi connectivity index (χ1v) is 8.25. The standard InChI is InChI=1S/C18H24N4O2/c1-13-16(14(2)22(20-13)15-7-5-4-6-8-15)17-18(23)19-9-10-21(17)11-12-24-3/h4-8,17H,9-12H2,1-3H3,(H,19,23). The van der Waals surface area contributed by atoms with Gasteiger partial charge in [0.15, 0.2) is 0 Å². The average molecular weight is 328 g/mol. The molecule has 0 radical (unpaired) electrons. The highest BCUT2D eigenvalue weighted by Gasteiger charge is 2.35. The lowest BCUT2D eigenvalue weighted by atomic mass is 10.0. The molecule has 1 fully saturated rings. The Hall–Kier alpha value is -2.18. The molecule has 1 aliphatic rings. The smallest absolute Gasteiger partial charge is 0.242 e. The molecule has 24 heavy (non-hydrogen) atoms. The van der Waals surface area contributed by atoms with Gasteiger partial charge in [-0.2, -0.15) is 5.10 Å². The van der Waals surface area contributed by atoms with Gasteiger partial charge < -0.3 is 10.1 Å². The third-order valence-electron chi connectivity index (χ3n) is 4.52. The largest absolute Gasteiger partial charge is 0.383 e. The minimum atomic E-state index is -0.314. The average Bonchev–Trinajstić information content (AvgIpc) is 2.89. The van der Waals surface area contributed by atoms with Crippen LogP contribution >= 0.6 is 0 Å². The van der Waals surface area contributed by atoms with E-state index in [2.05, 4.69) is 15.3 Å². The number of nitrogens with zero attached hydrogens (tertiary/aromatic N) is 3. The summed E-state index contributed by atoms with van der Waals surface area (Å²) < 4.78 is 7.12. The Bertz CT molecular complexity index is 711. The molecule has 1 atom stereocenters. The third kappa shape index (κ3) is 3.07. The number of carbonyl (C=O) groups is 1. The first kappa shape index (κ1) is 16.7. The van der Waals surface area contributed by atoms with E-state index >= 15 is 0 Å². The molecule has 1 amide bonds. The maximum Gasteiger partial charge on any atom is 0.242 e. The topological polar surface area (TPSA) is 59.4 Å². The van der Waals surface area contributed by atoms with Crippen molar-refractivity contribution in [1.29, 1.82) is 0 Å². The number of aromatic nitrogens is 2. The van der Waals surface area contributed by atoms with Crippen LogP contribution in [0.2, 0.25) is 0 Å². The lowest BCUT2D eigenvalue weighted by molar-refractivity contribution is -0.129. The predicted molar refractivity (Wildman–Crippen MR) is 92.2 cm³/mol. The summed E-state index contributed by atoms with van der Waals surface area (Å²) in [5.41, 5.74) is 3.89. The van der Waals surface area contributed by atoms with E-state index in [0.29, 0.717) is 13.2 Å². The number of hydrogen-bond acceptors (Lipinski definition) is 4. The van der Waals surface area contributed by atoms with Crippen LogP contribution in [-0.4, -0.2) is 53.9 Å². The quantitative estimate of drug-likeness (QED) is 0.906. The zero-order valence-electron chi connectivity index (χ0n) is 14.5. The van der Waals surface area contributed by atoms with Crippen molar-refractivity contribution in [3.63, 3.8) is 0 Å². The molecule has 1 aromatic carbocycles. The van der Waals surface area contributed by atoms with E-state index in [0.717, 1.165) is 35.7 Å². The first-order chi connectivity index (χ1) is 11.6. The molecule has 1 saturated heterocycles. The Labute approximate surface area is 142 Å². The maximum atomic E-state index is 12.6. The van der Waals surface area contributed by atoms with Gasteiger partial charge in [0.05, 0.1) is 18.0 Å². The zero-order valence-corrected chi connectivity index (χ0v) is 14.5. The van der Waals surface area contributed by atoms with Crippen LogP contribution in [0.15, 0.2) is 30.3 Å². The SMILES string of the molecule is COCCN1CCNC(=O)C1c1c(C)nn(-c2ccccc2)c1C. The molecule has 2 heterocycles. The van der Waals surface area contributed by atoms with Crippen LogP contribution in [-0.2, 0) is 9.53 Å². The summed E-state index contributed by atoms with van der Waals surface area (Å²) in [7, 11) is 1.68. The minimum Gasteiger partial charge on any atom is -0.383 e. The van der Waals surface area contributed by atoms with Crippen LogP contribution in [0.1, 0.15) is 23.0 Å². The van der Waals surface area contributed by atoms with Crippen LogP contribution in [0.25, 0.3) is 5.69 Å². The third-order valence-corrected chi connectivity index (χ3v) is 4.52. The fourth-order valence-corrected chi connectivity index (χ4v) is 3.35. The molecule has 6 heteroatoms. The number of carbonyl (C=O) groups excluding carboxylic acids is 1. The second kappa shape index (κ2) is 7.15. The summed E-state index contributed by atoms with van der Waals surface area (Å²) in [4.78, 5) is 14.8. The summed E-state index contributed by atoms with van der Waals surface area (Å²) in [6.07, 6.45) is 0. The first-order valence-electron chi connectivity index (χ1n) is 8.25. The molecule has 0 saturated carbocycles. The number of rotatable bonds is 5. The molecule has 2 aromatic rings. The van der Waals surface area contributed by atoms with E-state index in [1.807, 2.05) is 48.9 Å². The molecule has 0 bridgehead atoms. The van der Waals surface area contributed by atoms with Crippen molar-refractivity contribution in [3.05, 3.63) is 47.3 Å². The Morgan fingerprint density at radius 3 is 2.75 bits per heavy atom. The van der Waals surface area contributed by atoms with Gasteiger partial charge in [0.25, 0.3) is 0 Å². The van der Waals surface area contributed by atoms with Crippen LogP contribution in [0.5, 0.6) is 0 Å². The second-order valence-electron chi connectivity index (χ2n) is 6.05. The van der Waals surface area contributed by atoms with Gasteiger partial charge in [-0.05, 0) is 26.0 Å². The number of nitrogens with one attached hydrogen (secondary N) is 1. The van der Waals surface area contributed by atoms with Crippen LogP contribution in [0, 0.1) is 13.8 Å². The predicted octanol–water partition coefficient (Wildman–Crippen LogP) is 1.61. The molecule has 0 spiro atoms. The number of ether oxygens (including phenoxy) is 1. The van der Waals surface area contributed by atoms with E-state index in [1.54, 1.807) is 7.11 Å². The van der Waals surface area contributed by atoms with Crippen molar-refractivity contribution in [3.8, 4) is 5.69 Å². The van der Waals surface area contributed by atoms with Gasteiger partial charge in [-0.25, -0.2) is 4.68 Å². The molecule has 3 rings (SSSR count). The Morgan fingerprint density at radius 1 is 1.29 bits per heavy atom.